The van der Waals surface area contributed by atoms with E-state index in [2.05, 4.69) is 21.0 Å². The molecule has 0 rings (SSSR count). The third-order valence-corrected chi connectivity index (χ3v) is 1.53. The molecule has 0 aliphatic heterocycles. The predicted molar refractivity (Wildman–Crippen MR) is 41.8 cm³/mol. The second-order valence-corrected chi connectivity index (χ2v) is 3.02. The largest absolute Gasteiger partial charge is 0.340 e. The van der Waals surface area contributed by atoms with E-state index in [-0.39, 0.29) is 0 Å². The van der Waals surface area contributed by atoms with Crippen LogP contribution < -0.4 is 4.90 Å². The second-order valence-electron chi connectivity index (χ2n) is 3.02. The van der Waals surface area contributed by atoms with Crippen LogP contribution in [0.2, 0.25) is 0 Å². The van der Waals surface area contributed by atoms with Crippen molar-refractivity contribution in [2.75, 3.05) is 20.6 Å². The zero-order valence-electron chi connectivity index (χ0n) is 7.04. The number of hydrogen-bond donors (Lipinski definition) is 1. The monoisotopic (exact) mass is 130 g/mol. The van der Waals surface area contributed by atoms with Gasteiger partial charge in [-0.15, -0.1) is 0 Å². The van der Waals surface area contributed by atoms with Crippen molar-refractivity contribution in [1.29, 1.82) is 0 Å². The Morgan fingerprint density at radius 1 is 1.00 bits per heavy atom. The lowest BCUT2D eigenvalue weighted by molar-refractivity contribution is -0.858. The lowest BCUT2D eigenvalue weighted by Gasteiger charge is -2.05. The molecule has 1 heteroatoms. The van der Waals surface area contributed by atoms with Crippen molar-refractivity contribution in [3.05, 3.63) is 0 Å². The molecule has 1 nitrogen and oxygen atoms in total. The van der Waals surface area contributed by atoms with Gasteiger partial charge in [-0.25, -0.2) is 0 Å². The Balaban J connectivity index is 2.75. The summed E-state index contributed by atoms with van der Waals surface area (Å²) >= 11 is 0. The molecule has 0 unspecified atom stereocenters. The van der Waals surface area contributed by atoms with Crippen LogP contribution in [0.25, 0.3) is 0 Å². The molecule has 0 bridgehead atoms. The van der Waals surface area contributed by atoms with E-state index in [9.17, 15) is 0 Å². The molecular formula is C8H20N+. The van der Waals surface area contributed by atoms with Crippen molar-refractivity contribution in [1.82, 2.24) is 0 Å². The molecule has 9 heavy (non-hydrogen) atoms. The quantitative estimate of drug-likeness (QED) is 0.523. The van der Waals surface area contributed by atoms with E-state index in [0.717, 1.165) is 0 Å². The lowest BCUT2D eigenvalue weighted by atomic mass is 10.2. The average molecular weight is 130 g/mol. The Morgan fingerprint density at radius 2 is 1.67 bits per heavy atom. The van der Waals surface area contributed by atoms with Crippen LogP contribution in [-0.2, 0) is 0 Å². The van der Waals surface area contributed by atoms with Crippen LogP contribution in [0.3, 0.4) is 0 Å². The molecule has 0 aliphatic carbocycles. The average Bonchev–Trinajstić information content (AvgIpc) is 1.80. The third kappa shape index (κ3) is 7.96. The van der Waals surface area contributed by atoms with Crippen LogP contribution in [0.4, 0.5) is 0 Å². The lowest BCUT2D eigenvalue weighted by Crippen LogP contribution is -3.05. The van der Waals surface area contributed by atoms with Crippen LogP contribution in [0.15, 0.2) is 0 Å². The Morgan fingerprint density at radius 3 is 2.11 bits per heavy atom. The number of nitrogens with one attached hydrogen (secondary N) is 1. The Kier molecular flexibility index (Phi) is 6.06. The first-order chi connectivity index (χ1) is 4.27. The Hall–Kier alpha value is -0.0400. The summed E-state index contributed by atoms with van der Waals surface area (Å²) in [5, 5.41) is 0. The standard InChI is InChI=1S/C8H19N/c1-4-5-6-7-8-9(2)3/h4-8H2,1-3H3/p+1. The maximum Gasteiger partial charge on any atom is 0.0766 e. The molecular weight excluding hydrogens is 110 g/mol. The van der Waals surface area contributed by atoms with Crippen LogP contribution in [0.5, 0.6) is 0 Å². The molecule has 0 aromatic rings. The molecule has 0 aromatic carbocycles. The minimum Gasteiger partial charge on any atom is -0.340 e. The molecule has 1 N–H and O–H groups in total. The molecule has 56 valence electrons. The third-order valence-electron chi connectivity index (χ3n) is 1.53. The number of rotatable bonds is 5. The highest BCUT2D eigenvalue weighted by molar-refractivity contribution is 4.36. The summed E-state index contributed by atoms with van der Waals surface area (Å²) in [6.45, 7) is 3.59. The molecule has 0 amide bonds. The van der Waals surface area contributed by atoms with Gasteiger partial charge < -0.3 is 4.90 Å². The Labute approximate surface area is 59.1 Å². The normalized spacial score (nSPS) is 10.7. The maximum atomic E-state index is 2.25. The Bertz CT molecular complexity index is 50.5. The molecule has 0 heterocycles. The summed E-state index contributed by atoms with van der Waals surface area (Å²) in [7, 11) is 4.43. The van der Waals surface area contributed by atoms with Crippen LogP contribution in [-0.4, -0.2) is 20.6 Å². The summed E-state index contributed by atoms with van der Waals surface area (Å²) in [5.41, 5.74) is 0. The van der Waals surface area contributed by atoms with Crippen molar-refractivity contribution >= 4 is 0 Å². The first-order valence-electron chi connectivity index (χ1n) is 4.06. The fourth-order valence-electron chi connectivity index (χ4n) is 0.905. The van der Waals surface area contributed by atoms with E-state index in [1.54, 1.807) is 4.90 Å². The summed E-state index contributed by atoms with van der Waals surface area (Å²) in [4.78, 5) is 1.58. The van der Waals surface area contributed by atoms with Gasteiger partial charge in [0.05, 0.1) is 20.6 Å². The molecule has 0 radical (unpaired) electrons. The van der Waals surface area contributed by atoms with Gasteiger partial charge in [-0.1, -0.05) is 19.8 Å². The van der Waals surface area contributed by atoms with Gasteiger partial charge in [0.2, 0.25) is 0 Å². The van der Waals surface area contributed by atoms with Crippen molar-refractivity contribution < 1.29 is 4.90 Å². The zero-order valence-corrected chi connectivity index (χ0v) is 7.04. The van der Waals surface area contributed by atoms with Crippen molar-refractivity contribution in [3.8, 4) is 0 Å². The smallest absolute Gasteiger partial charge is 0.0766 e. The van der Waals surface area contributed by atoms with Gasteiger partial charge in [0, 0.05) is 0 Å². The fraction of sp³-hybridized carbons (Fsp3) is 1.00. The first kappa shape index (κ1) is 8.96. The van der Waals surface area contributed by atoms with Gasteiger partial charge >= 0.3 is 0 Å². The summed E-state index contributed by atoms with van der Waals surface area (Å²) in [5.74, 6) is 0. The molecule has 0 saturated heterocycles. The van der Waals surface area contributed by atoms with Gasteiger partial charge in [0.1, 0.15) is 0 Å². The molecule has 0 atom stereocenters. The van der Waals surface area contributed by atoms with Crippen LogP contribution >= 0.6 is 0 Å². The highest BCUT2D eigenvalue weighted by Crippen LogP contribution is 1.95. The second kappa shape index (κ2) is 6.09. The van der Waals surface area contributed by atoms with Gasteiger partial charge in [-0.3, -0.25) is 0 Å². The molecule has 0 aliphatic rings. The van der Waals surface area contributed by atoms with E-state index in [1.165, 1.54) is 32.2 Å². The summed E-state index contributed by atoms with van der Waals surface area (Å²) < 4.78 is 0. The maximum absolute atomic E-state index is 2.25. The predicted octanol–water partition coefficient (Wildman–Crippen LogP) is 0.711. The van der Waals surface area contributed by atoms with Crippen LogP contribution in [0, 0.1) is 0 Å². The fourth-order valence-corrected chi connectivity index (χ4v) is 0.905. The van der Waals surface area contributed by atoms with E-state index in [1.807, 2.05) is 0 Å². The van der Waals surface area contributed by atoms with E-state index >= 15 is 0 Å². The van der Waals surface area contributed by atoms with Gasteiger partial charge in [0.25, 0.3) is 0 Å². The van der Waals surface area contributed by atoms with Gasteiger partial charge in [-0.05, 0) is 12.8 Å². The summed E-state index contributed by atoms with van der Waals surface area (Å²) in [6, 6.07) is 0. The zero-order chi connectivity index (χ0) is 7.11. The summed E-state index contributed by atoms with van der Waals surface area (Å²) in [6.07, 6.45) is 5.58. The van der Waals surface area contributed by atoms with Gasteiger partial charge in [0.15, 0.2) is 0 Å². The SMILES string of the molecule is CCCCCC[NH+](C)C. The molecule has 0 spiro atoms. The molecule has 0 saturated carbocycles. The van der Waals surface area contributed by atoms with E-state index in [0.29, 0.717) is 0 Å². The number of unbranched alkanes of at least 4 members (excludes halogenated alkanes) is 3. The molecule has 0 fully saturated rings. The van der Waals surface area contributed by atoms with Crippen molar-refractivity contribution in [2.45, 2.75) is 32.6 Å². The minimum atomic E-state index is 1.33. The van der Waals surface area contributed by atoms with Crippen molar-refractivity contribution in [2.24, 2.45) is 0 Å². The van der Waals surface area contributed by atoms with E-state index in [4.69, 9.17) is 0 Å². The number of quaternary nitrogens is 1. The first-order valence-corrected chi connectivity index (χ1v) is 4.06. The van der Waals surface area contributed by atoms with E-state index < -0.39 is 0 Å². The highest BCUT2D eigenvalue weighted by atomic mass is 15.0. The molecule has 0 aromatic heterocycles. The topological polar surface area (TPSA) is 4.44 Å². The minimum absolute atomic E-state index is 1.33. The highest BCUT2D eigenvalue weighted by Gasteiger charge is 1.91. The van der Waals surface area contributed by atoms with Gasteiger partial charge in [-0.2, -0.15) is 0 Å². The van der Waals surface area contributed by atoms with Crippen molar-refractivity contribution in [3.63, 3.8) is 0 Å². The van der Waals surface area contributed by atoms with Crippen LogP contribution in [0.1, 0.15) is 32.6 Å². The number of hydrogen-bond acceptors (Lipinski definition) is 0.